The molecule has 1 saturated heterocycles. The van der Waals surface area contributed by atoms with Crippen LogP contribution in [0.5, 0.6) is 0 Å². The lowest BCUT2D eigenvalue weighted by Crippen LogP contribution is -2.46. The number of hydrogen-bond acceptors (Lipinski definition) is 4. The topological polar surface area (TPSA) is 58.6 Å². The molecule has 1 aliphatic rings. The fourth-order valence-electron chi connectivity index (χ4n) is 2.96. The van der Waals surface area contributed by atoms with Gasteiger partial charge in [-0.3, -0.25) is 9.59 Å². The quantitative estimate of drug-likeness (QED) is 0.782. The summed E-state index contributed by atoms with van der Waals surface area (Å²) in [6.07, 6.45) is 2.72. The summed E-state index contributed by atoms with van der Waals surface area (Å²) in [6.45, 7) is 5.11. The second-order valence-electron chi connectivity index (χ2n) is 7.55. The van der Waals surface area contributed by atoms with Gasteiger partial charge in [-0.25, -0.2) is 0 Å². The smallest absolute Gasteiger partial charge is 0.224 e. The molecule has 1 radical (unpaired) electrons. The molecular weight excluding hydrogens is 316 g/mol. The van der Waals surface area contributed by atoms with Crippen molar-refractivity contribution in [3.63, 3.8) is 0 Å². The normalized spacial score (nSPS) is 20.9. The fourth-order valence-corrected chi connectivity index (χ4v) is 2.96. The number of ketones is 1. The van der Waals surface area contributed by atoms with Crippen LogP contribution in [0.1, 0.15) is 32.3 Å². The van der Waals surface area contributed by atoms with Crippen molar-refractivity contribution in [2.24, 2.45) is 0 Å². The third-order valence-electron chi connectivity index (χ3n) is 4.67. The number of nitrogens with zero attached hydrogens (tertiary/aromatic N) is 1. The molecule has 1 N–H and O–H groups in total. The minimum Gasteiger partial charge on any atom is -0.368 e. The Morgan fingerprint density at radius 2 is 2.00 bits per heavy atom. The molecule has 0 spiro atoms. The fraction of sp³-hybridized carbons (Fsp3) is 0.550. The van der Waals surface area contributed by atoms with Crippen LogP contribution in [0, 0.1) is 6.42 Å². The average molecular weight is 345 g/mol. The molecule has 1 fully saturated rings. The van der Waals surface area contributed by atoms with Gasteiger partial charge in [-0.1, -0.05) is 44.2 Å². The first-order chi connectivity index (χ1) is 11.8. The summed E-state index contributed by atoms with van der Waals surface area (Å²) in [4.78, 5) is 26.4. The van der Waals surface area contributed by atoms with Gasteiger partial charge >= 0.3 is 0 Å². The zero-order valence-electron chi connectivity index (χ0n) is 15.6. The van der Waals surface area contributed by atoms with Gasteiger partial charge in [0.15, 0.2) is 5.78 Å². The Bertz CT molecular complexity index is 584. The number of rotatable bonds is 8. The maximum atomic E-state index is 12.3. The summed E-state index contributed by atoms with van der Waals surface area (Å²) in [5, 5.41) is 2.84. The lowest BCUT2D eigenvalue weighted by molar-refractivity contribution is -0.124. The highest BCUT2D eigenvalue weighted by Crippen LogP contribution is 2.27. The summed E-state index contributed by atoms with van der Waals surface area (Å²) in [5.74, 6) is -0.254. The van der Waals surface area contributed by atoms with Crippen LogP contribution >= 0.6 is 0 Å². The first-order valence-electron chi connectivity index (χ1n) is 8.78. The third-order valence-corrected chi connectivity index (χ3v) is 4.67. The monoisotopic (exact) mass is 345 g/mol. The number of benzene rings is 1. The Morgan fingerprint density at radius 3 is 2.64 bits per heavy atom. The van der Waals surface area contributed by atoms with Crippen LogP contribution in [-0.4, -0.2) is 56.0 Å². The Morgan fingerprint density at radius 1 is 1.32 bits per heavy atom. The van der Waals surface area contributed by atoms with Gasteiger partial charge in [0.05, 0.1) is 12.5 Å². The number of carbonyl (C=O) groups is 2. The molecule has 0 aliphatic carbocycles. The predicted octanol–water partition coefficient (Wildman–Crippen LogP) is 1.96. The van der Waals surface area contributed by atoms with E-state index in [1.54, 1.807) is 6.42 Å². The van der Waals surface area contributed by atoms with Crippen LogP contribution in [0.3, 0.4) is 0 Å². The molecule has 5 nitrogen and oxygen atoms in total. The number of Topliss-reactive ketones (excluding diaryl/α,β-unsaturated/α-hetero) is 1. The SMILES string of the molecule is CN(C)CCC1OCC(=O)C1NC(=O)[CH]CC(C)(C)c1ccccc1. The van der Waals surface area contributed by atoms with Gasteiger partial charge in [-0.15, -0.1) is 0 Å². The molecule has 1 aliphatic heterocycles. The van der Waals surface area contributed by atoms with E-state index in [-0.39, 0.29) is 29.8 Å². The maximum absolute atomic E-state index is 12.3. The second-order valence-corrected chi connectivity index (χ2v) is 7.55. The minimum atomic E-state index is -0.538. The van der Waals surface area contributed by atoms with Crippen molar-refractivity contribution < 1.29 is 14.3 Å². The van der Waals surface area contributed by atoms with E-state index < -0.39 is 6.04 Å². The molecule has 1 amide bonds. The first kappa shape index (κ1) is 19.6. The molecule has 0 saturated carbocycles. The van der Waals surface area contributed by atoms with Gasteiger partial charge in [-0.2, -0.15) is 0 Å². The van der Waals surface area contributed by atoms with Gasteiger partial charge in [0.1, 0.15) is 12.6 Å². The molecule has 2 atom stereocenters. The van der Waals surface area contributed by atoms with Gasteiger partial charge < -0.3 is 15.0 Å². The van der Waals surface area contributed by atoms with Crippen LogP contribution in [0.25, 0.3) is 0 Å². The van der Waals surface area contributed by atoms with Gasteiger partial charge in [0, 0.05) is 6.54 Å². The number of nitrogens with one attached hydrogen (secondary N) is 1. The van der Waals surface area contributed by atoms with Gasteiger partial charge in [0.2, 0.25) is 5.91 Å². The molecule has 25 heavy (non-hydrogen) atoms. The highest BCUT2D eigenvalue weighted by Gasteiger charge is 2.36. The molecule has 137 valence electrons. The van der Waals surface area contributed by atoms with Gasteiger partial charge in [-0.05, 0) is 37.9 Å². The van der Waals surface area contributed by atoms with Crippen molar-refractivity contribution >= 4 is 11.7 Å². The first-order valence-corrected chi connectivity index (χ1v) is 8.78. The minimum absolute atomic E-state index is 0.0483. The molecule has 1 aromatic carbocycles. The summed E-state index contributed by atoms with van der Waals surface area (Å²) in [6, 6.07) is 9.58. The summed E-state index contributed by atoms with van der Waals surface area (Å²) >= 11 is 0. The lowest BCUT2D eigenvalue weighted by atomic mass is 9.80. The van der Waals surface area contributed by atoms with E-state index in [0.717, 1.165) is 13.0 Å². The van der Waals surface area contributed by atoms with E-state index in [0.29, 0.717) is 6.42 Å². The van der Waals surface area contributed by atoms with E-state index in [1.807, 2.05) is 37.2 Å². The van der Waals surface area contributed by atoms with Crippen molar-refractivity contribution in [3.8, 4) is 0 Å². The van der Waals surface area contributed by atoms with Crippen LogP contribution in [0.15, 0.2) is 30.3 Å². The molecule has 1 heterocycles. The second kappa shape index (κ2) is 8.59. The zero-order valence-corrected chi connectivity index (χ0v) is 15.6. The summed E-state index contributed by atoms with van der Waals surface area (Å²) in [5.41, 5.74) is 1.04. The standard InChI is InChI=1S/C20H29N2O3/c1-20(2,15-8-6-5-7-9-15)12-10-18(24)21-19-16(23)14-25-17(19)11-13-22(3)4/h5-10,17,19H,11-14H2,1-4H3,(H,21,24). The van der Waals surface area contributed by atoms with Crippen molar-refractivity contribution in [2.45, 2.75) is 44.2 Å². The van der Waals surface area contributed by atoms with Crippen molar-refractivity contribution in [1.29, 1.82) is 0 Å². The summed E-state index contributed by atoms with van der Waals surface area (Å²) in [7, 11) is 3.95. The molecule has 2 rings (SSSR count). The van der Waals surface area contributed by atoms with Crippen molar-refractivity contribution in [2.75, 3.05) is 27.2 Å². The molecule has 0 aromatic heterocycles. The molecule has 5 heteroatoms. The van der Waals surface area contributed by atoms with E-state index >= 15 is 0 Å². The molecular formula is C20H29N2O3. The average Bonchev–Trinajstić information content (AvgIpc) is 2.92. The van der Waals surface area contributed by atoms with E-state index in [1.165, 1.54) is 5.56 Å². The summed E-state index contributed by atoms with van der Waals surface area (Å²) < 4.78 is 5.54. The molecule has 2 unspecified atom stereocenters. The van der Waals surface area contributed by atoms with Crippen LogP contribution in [0.4, 0.5) is 0 Å². The third kappa shape index (κ3) is 5.65. The number of amides is 1. The maximum Gasteiger partial charge on any atom is 0.224 e. The van der Waals surface area contributed by atoms with E-state index in [4.69, 9.17) is 4.74 Å². The number of carbonyl (C=O) groups excluding carboxylic acids is 2. The Kier molecular flexibility index (Phi) is 6.73. The lowest BCUT2D eigenvalue weighted by Gasteiger charge is -2.25. The van der Waals surface area contributed by atoms with Crippen LogP contribution in [-0.2, 0) is 19.7 Å². The Hall–Kier alpha value is -1.72. The number of ether oxygens (including phenoxy) is 1. The van der Waals surface area contributed by atoms with Gasteiger partial charge in [0.25, 0.3) is 0 Å². The Labute approximate surface area is 150 Å². The van der Waals surface area contributed by atoms with Crippen LogP contribution in [0.2, 0.25) is 0 Å². The Balaban J connectivity index is 1.87. The van der Waals surface area contributed by atoms with Crippen molar-refractivity contribution in [1.82, 2.24) is 10.2 Å². The van der Waals surface area contributed by atoms with Crippen LogP contribution < -0.4 is 5.32 Å². The highest BCUT2D eigenvalue weighted by molar-refractivity contribution is 5.94. The number of hydrogen-bond donors (Lipinski definition) is 1. The van der Waals surface area contributed by atoms with Crippen molar-refractivity contribution in [3.05, 3.63) is 42.3 Å². The highest BCUT2D eigenvalue weighted by atomic mass is 16.5. The largest absolute Gasteiger partial charge is 0.368 e. The zero-order chi connectivity index (χ0) is 18.4. The molecule has 1 aromatic rings. The predicted molar refractivity (Wildman–Crippen MR) is 98.2 cm³/mol. The van der Waals surface area contributed by atoms with E-state index in [2.05, 4.69) is 31.3 Å². The van der Waals surface area contributed by atoms with E-state index in [9.17, 15) is 9.59 Å². The molecule has 0 bridgehead atoms.